The zero-order valence-electron chi connectivity index (χ0n) is 68.0. The van der Waals surface area contributed by atoms with Crippen molar-refractivity contribution in [2.75, 3.05) is 47.7 Å². The van der Waals surface area contributed by atoms with E-state index < -0.39 is 184 Å². The van der Waals surface area contributed by atoms with Crippen LogP contribution in [-0.2, 0) is 168 Å². The van der Waals surface area contributed by atoms with E-state index in [-0.39, 0.29) is 52.8 Å². The molecule has 0 spiro atoms. The molecule has 0 aromatic heterocycles. The number of benzene rings is 6. The van der Waals surface area contributed by atoms with Crippen molar-refractivity contribution >= 4 is 47.8 Å². The number of rotatable bonds is 41. The Morgan fingerprint density at radius 1 is 0.372 bits per heavy atom. The lowest BCUT2D eigenvalue weighted by Gasteiger charge is -2.51. The molecule has 4 aliphatic rings. The van der Waals surface area contributed by atoms with Gasteiger partial charge in [-0.15, -0.1) is 0 Å². The quantitative estimate of drug-likeness (QED) is 0.00859. The maximum absolute atomic E-state index is 15.1. The summed E-state index contributed by atoms with van der Waals surface area (Å²) < 4.78 is 133. The van der Waals surface area contributed by atoms with E-state index in [1.54, 1.807) is 170 Å². The fourth-order valence-corrected chi connectivity index (χ4v) is 13.9. The molecule has 10 rings (SSSR count). The summed E-state index contributed by atoms with van der Waals surface area (Å²) in [6, 6.07) is 47.5. The molecular weight excluding hydrogens is 1580 g/mol. The Hall–Kier alpha value is -11.0. The van der Waals surface area contributed by atoms with Crippen LogP contribution < -0.4 is 4.74 Å². The topological polar surface area (TPSA) is 431 Å². The van der Waals surface area contributed by atoms with Crippen molar-refractivity contribution in [3.63, 3.8) is 0 Å². The van der Waals surface area contributed by atoms with Gasteiger partial charge in [0.1, 0.15) is 98.7 Å². The highest BCUT2D eigenvalue weighted by molar-refractivity contribution is 5.90. The number of esters is 6. The first-order valence-corrected chi connectivity index (χ1v) is 39.1. The van der Waals surface area contributed by atoms with E-state index >= 15 is 4.79 Å². The summed E-state index contributed by atoms with van der Waals surface area (Å²) in [5, 5.41) is 8.39. The number of carbonyl (C=O) groups is 8. The van der Waals surface area contributed by atoms with Crippen LogP contribution in [0.15, 0.2) is 186 Å². The van der Waals surface area contributed by atoms with E-state index in [0.717, 1.165) is 52.4 Å². The highest BCUT2D eigenvalue weighted by Crippen LogP contribution is 2.42. The second kappa shape index (κ2) is 47.3. The number of azide groups is 2. The number of amides is 2. The number of carbonyl (C=O) groups excluding carboxylic acids is 8. The average Bonchev–Trinajstić information content (AvgIpc) is 0.641. The molecule has 121 heavy (non-hydrogen) atoms. The smallest absolute Gasteiger partial charge is 0.416 e. The lowest BCUT2D eigenvalue weighted by molar-refractivity contribution is -0.377. The highest BCUT2D eigenvalue weighted by atomic mass is 16.8. The Labute approximate surface area is 697 Å². The zero-order valence-corrected chi connectivity index (χ0v) is 68.0. The van der Waals surface area contributed by atoms with Crippen LogP contribution in [0.4, 0.5) is 4.79 Å². The predicted molar refractivity (Wildman–Crippen MR) is 419 cm³/mol. The van der Waals surface area contributed by atoms with Gasteiger partial charge in [-0.3, -0.25) is 24.0 Å². The lowest BCUT2D eigenvalue weighted by Crippen LogP contribution is -2.69. The minimum Gasteiger partial charge on any atom is -0.497 e. The first kappa shape index (κ1) is 92.3. The third-order valence-electron chi connectivity index (χ3n) is 19.7. The Balaban J connectivity index is 1.02. The summed E-state index contributed by atoms with van der Waals surface area (Å²) in [5.74, 6) is -5.65. The molecule has 36 nitrogen and oxygen atoms in total. The van der Waals surface area contributed by atoms with Gasteiger partial charge in [-0.05, 0) is 75.8 Å². The highest BCUT2D eigenvalue weighted by Gasteiger charge is 2.61. The van der Waals surface area contributed by atoms with Gasteiger partial charge in [-0.2, -0.15) is 0 Å². The third kappa shape index (κ3) is 26.7. The molecule has 4 saturated heterocycles. The average molecular weight is 1680 g/mol. The Kier molecular flexibility index (Phi) is 36.0. The second-order valence-electron chi connectivity index (χ2n) is 28.2. The van der Waals surface area contributed by atoms with E-state index in [1.807, 2.05) is 6.07 Å². The van der Waals surface area contributed by atoms with Crippen molar-refractivity contribution in [1.82, 2.24) is 4.90 Å². The number of nitrogens with zero attached hydrogens (tertiary/aromatic N) is 7. The van der Waals surface area contributed by atoms with E-state index in [4.69, 9.17) is 99.5 Å². The monoisotopic (exact) mass is 1680 g/mol. The van der Waals surface area contributed by atoms with Crippen molar-refractivity contribution < 1.29 is 138 Å². The summed E-state index contributed by atoms with van der Waals surface area (Å²) in [5.41, 5.74) is 25.0. The predicted octanol–water partition coefficient (Wildman–Crippen LogP) is 10.0. The van der Waals surface area contributed by atoms with Gasteiger partial charge >= 0.3 is 41.9 Å². The maximum Gasteiger partial charge on any atom is 0.416 e. The van der Waals surface area contributed by atoms with Crippen molar-refractivity contribution in [3.8, 4) is 5.75 Å². The Morgan fingerprint density at radius 2 is 0.744 bits per heavy atom. The van der Waals surface area contributed by atoms with Gasteiger partial charge in [-0.1, -0.05) is 174 Å². The first-order chi connectivity index (χ1) is 58.7. The lowest BCUT2D eigenvalue weighted by atomic mass is 9.93. The molecule has 0 N–H and O–H groups in total. The van der Waals surface area contributed by atoms with Crippen molar-refractivity contribution in [1.29, 1.82) is 0 Å². The molecule has 6 aromatic rings. The number of ether oxygens (including phenoxy) is 21. The molecule has 4 aliphatic heterocycles. The van der Waals surface area contributed by atoms with Crippen molar-refractivity contribution in [2.45, 2.75) is 216 Å². The van der Waals surface area contributed by atoms with Gasteiger partial charge in [0.15, 0.2) is 49.6 Å². The molecule has 0 unspecified atom stereocenters. The molecule has 2 amide bonds. The van der Waals surface area contributed by atoms with Crippen LogP contribution in [0.2, 0.25) is 0 Å². The summed E-state index contributed by atoms with van der Waals surface area (Å²) in [6.45, 7) is 3.01. The van der Waals surface area contributed by atoms with Crippen LogP contribution >= 0.6 is 0 Å². The maximum atomic E-state index is 15.1. The second-order valence-corrected chi connectivity index (χ2v) is 28.2. The number of imide groups is 1. The van der Waals surface area contributed by atoms with Gasteiger partial charge in [-0.25, -0.2) is 19.3 Å². The molecule has 20 atom stereocenters. The molecule has 36 heteroatoms. The summed E-state index contributed by atoms with van der Waals surface area (Å²) in [4.78, 5) is 116. The van der Waals surface area contributed by atoms with Gasteiger partial charge in [0.05, 0.1) is 54.4 Å². The number of hydrogen-bond donors (Lipinski definition) is 0. The zero-order chi connectivity index (χ0) is 86.2. The largest absolute Gasteiger partial charge is 0.497 e. The van der Waals surface area contributed by atoms with Crippen LogP contribution in [0.3, 0.4) is 0 Å². The summed E-state index contributed by atoms with van der Waals surface area (Å²) >= 11 is 0. The number of hydrogen-bond acceptors (Lipinski definition) is 31. The van der Waals surface area contributed by atoms with E-state index in [9.17, 15) is 44.6 Å². The van der Waals surface area contributed by atoms with Crippen molar-refractivity contribution in [2.24, 2.45) is 10.2 Å². The van der Waals surface area contributed by atoms with Crippen LogP contribution in [0, 0.1) is 0 Å². The molecular formula is C85H99N7O29. The van der Waals surface area contributed by atoms with Crippen LogP contribution in [-0.4, -0.2) is 223 Å². The first-order valence-electron chi connectivity index (χ1n) is 39.1. The number of methoxy groups -OCH3 is 3. The Bertz CT molecular complexity index is 4390. The van der Waals surface area contributed by atoms with E-state index in [0.29, 0.717) is 52.8 Å². The Morgan fingerprint density at radius 3 is 1.14 bits per heavy atom. The van der Waals surface area contributed by atoms with E-state index in [2.05, 4.69) is 20.1 Å². The minimum atomic E-state index is -2.09. The summed E-state index contributed by atoms with van der Waals surface area (Å²) in [6.07, 6.45) is -31.0. The summed E-state index contributed by atoms with van der Waals surface area (Å²) in [7, 11) is 3.65. The molecule has 648 valence electrons. The molecule has 0 aliphatic carbocycles. The number of unbranched alkanes of at least 4 members (excludes halogenated alkanes) is 2. The third-order valence-corrected chi connectivity index (χ3v) is 19.7. The molecule has 0 radical (unpaired) electrons. The molecule has 0 saturated carbocycles. The van der Waals surface area contributed by atoms with Crippen LogP contribution in [0.25, 0.3) is 20.9 Å². The van der Waals surface area contributed by atoms with Gasteiger partial charge < -0.3 is 99.5 Å². The van der Waals surface area contributed by atoms with Gasteiger partial charge in [0.2, 0.25) is 5.91 Å². The standard InChI is InChI=1S/C85H99N7O29/c1-51(93)92(85(100)112-48-60-35-23-13-24-36-60)41-25-14-26-42-104-81-65(88-90-86)69(107-43-56-27-15-9-16-28-56)67(63(115-81)49-105-52(2)94)117-84-78(114-55(5)97)73(111-46-59-33-21-12-22-34-59)74(76(121-84)80(99)103-8)119-82-66(89-91-87)70(108-44-57-29-17-10-18-30-57)68(64(116-82)50-106-53(3)95)118-83-77(113-54(4)96)72(110-45-58-31-19-11-20-32-58)71(75(120-83)79(98)102-7)109-47-61-37-39-62(101-6)40-38-61/h9-13,15-24,27-40,63-78,81-84H,14,25-26,41-50H2,1-8H3/t63-,64-,65-,66-,67-,68-,69-,70-,71+,72+,73+,74+,75-,76-,77-,78-,81-,82-,83-,84-/m1/s1. The molecule has 6 aromatic carbocycles. The molecule has 4 heterocycles. The SMILES string of the molecule is COC(=O)[C@@H]1O[C@@H](O[C@H]2[C@H](OCc3ccccc3)[C@@H](N=[N+]=[N-])[C@@H](O[C@H]3[C@H](OCc4ccccc4)[C@@H](OC(C)=O)[C@H](O[C@H]4[C@H](OCc5ccccc5)[C@@H](N=[N+]=[N-])[C@H](OCCCCCN(C(C)=O)C(=O)OCc5ccccc5)O[C@@H]4COC(C)=O)O[C@H]3C(=O)OC)O[C@@H]2COC(C)=O)[C@H](OC(C)=O)[C@@H](OCc2ccccc2)[C@@H]1OCc1ccc(OC)cc1. The van der Waals surface area contributed by atoms with Crippen molar-refractivity contribution in [3.05, 3.63) is 230 Å². The molecule has 0 bridgehead atoms. The van der Waals surface area contributed by atoms with E-state index in [1.165, 1.54) is 14.0 Å². The normalized spacial score (nSPS) is 26.2. The minimum absolute atomic E-state index is 0.00593. The fraction of sp³-hybridized carbons (Fsp3) is 0.482. The fourth-order valence-electron chi connectivity index (χ4n) is 13.9. The van der Waals surface area contributed by atoms with Gasteiger partial charge in [0, 0.05) is 57.6 Å². The van der Waals surface area contributed by atoms with Gasteiger partial charge in [0.25, 0.3) is 0 Å². The van der Waals surface area contributed by atoms with Crippen LogP contribution in [0.1, 0.15) is 87.3 Å². The van der Waals surface area contributed by atoms with Crippen LogP contribution in [0.5, 0.6) is 5.75 Å². The molecule has 4 fully saturated rings.